The topological polar surface area (TPSA) is 76.0 Å². The van der Waals surface area contributed by atoms with Crippen LogP contribution in [0, 0.1) is 5.82 Å². The van der Waals surface area contributed by atoms with Gasteiger partial charge >= 0.3 is 0 Å². The van der Waals surface area contributed by atoms with Gasteiger partial charge < -0.3 is 19.7 Å². The Morgan fingerprint density at radius 1 is 1.13 bits per heavy atom. The molecule has 2 rings (SSSR count). The second-order valence-corrected chi connectivity index (χ2v) is 4.94. The van der Waals surface area contributed by atoms with Crippen molar-refractivity contribution in [1.82, 2.24) is 0 Å². The molecule has 2 N–H and O–H groups in total. The molecular weight excluding hydrogens is 303 g/mol. The average Bonchev–Trinajstić information content (AvgIpc) is 2.52. The Balaban J connectivity index is 1.89. The second kappa shape index (κ2) is 7.60. The van der Waals surface area contributed by atoms with E-state index in [1.54, 1.807) is 6.07 Å². The highest BCUT2D eigenvalue weighted by molar-refractivity contribution is 5.99. The maximum absolute atomic E-state index is 12.8. The summed E-state index contributed by atoms with van der Waals surface area (Å²) in [6.45, 7) is 1.14. The summed E-state index contributed by atoms with van der Waals surface area (Å²) in [6.07, 6.45) is -0.956. The van der Waals surface area contributed by atoms with Crippen molar-refractivity contribution < 1.29 is 28.9 Å². The lowest BCUT2D eigenvalue weighted by Crippen LogP contribution is -2.25. The van der Waals surface area contributed by atoms with Crippen molar-refractivity contribution in [2.75, 3.05) is 13.2 Å². The van der Waals surface area contributed by atoms with Gasteiger partial charge in [0, 0.05) is 0 Å². The summed E-state index contributed by atoms with van der Waals surface area (Å²) in [7, 11) is 0. The second-order valence-electron chi connectivity index (χ2n) is 4.94. The molecule has 0 aromatic heterocycles. The molecule has 0 fully saturated rings. The molecule has 122 valence electrons. The molecule has 0 saturated carbocycles. The summed E-state index contributed by atoms with van der Waals surface area (Å²) in [6, 6.07) is 9.87. The maximum Gasteiger partial charge on any atom is 0.167 e. The molecule has 1 unspecified atom stereocenters. The number of ketones is 1. The van der Waals surface area contributed by atoms with Crippen LogP contribution in [-0.4, -0.2) is 35.3 Å². The van der Waals surface area contributed by atoms with E-state index in [1.165, 1.54) is 43.3 Å². The standard InChI is InChI=1S/C17H17FO5/c1-11(19)17-15(21)3-2-4-16(17)23-10-13(20)9-22-14-7-5-12(18)6-8-14/h2-8,13,20-21H,9-10H2,1H3. The quantitative estimate of drug-likeness (QED) is 0.767. The SMILES string of the molecule is CC(=O)c1c(O)cccc1OCC(O)COc1ccc(F)cc1. The van der Waals surface area contributed by atoms with Gasteiger partial charge in [-0.15, -0.1) is 0 Å². The third-order valence-corrected chi connectivity index (χ3v) is 3.04. The van der Waals surface area contributed by atoms with E-state index in [2.05, 4.69) is 0 Å². The molecule has 2 aromatic rings. The van der Waals surface area contributed by atoms with E-state index >= 15 is 0 Å². The normalized spacial score (nSPS) is 11.8. The lowest BCUT2D eigenvalue weighted by molar-refractivity contribution is 0.0619. The fourth-order valence-electron chi connectivity index (χ4n) is 1.95. The number of benzene rings is 2. The van der Waals surface area contributed by atoms with Crippen LogP contribution in [-0.2, 0) is 0 Å². The Labute approximate surface area is 132 Å². The van der Waals surface area contributed by atoms with Gasteiger partial charge in [0.2, 0.25) is 0 Å². The fourth-order valence-corrected chi connectivity index (χ4v) is 1.95. The van der Waals surface area contributed by atoms with Gasteiger partial charge in [0.1, 0.15) is 47.9 Å². The van der Waals surface area contributed by atoms with Crippen LogP contribution < -0.4 is 9.47 Å². The molecule has 0 bridgehead atoms. The highest BCUT2D eigenvalue weighted by Gasteiger charge is 2.15. The molecule has 0 amide bonds. The van der Waals surface area contributed by atoms with E-state index in [-0.39, 0.29) is 41.9 Å². The van der Waals surface area contributed by atoms with Gasteiger partial charge in [-0.1, -0.05) is 6.07 Å². The predicted octanol–water partition coefficient (Wildman–Crippen LogP) is 2.55. The molecule has 5 nitrogen and oxygen atoms in total. The third-order valence-electron chi connectivity index (χ3n) is 3.04. The Kier molecular flexibility index (Phi) is 5.54. The predicted molar refractivity (Wildman–Crippen MR) is 81.5 cm³/mol. The third kappa shape index (κ3) is 4.69. The van der Waals surface area contributed by atoms with E-state index in [4.69, 9.17) is 9.47 Å². The first-order chi connectivity index (χ1) is 11.0. The van der Waals surface area contributed by atoms with Crippen molar-refractivity contribution in [3.63, 3.8) is 0 Å². The number of carbonyl (C=O) groups is 1. The van der Waals surface area contributed by atoms with Gasteiger partial charge in [0.25, 0.3) is 0 Å². The average molecular weight is 320 g/mol. The van der Waals surface area contributed by atoms with Crippen LogP contribution in [0.4, 0.5) is 4.39 Å². The Bertz CT molecular complexity index is 669. The highest BCUT2D eigenvalue weighted by atomic mass is 19.1. The number of halogens is 1. The largest absolute Gasteiger partial charge is 0.507 e. The van der Waals surface area contributed by atoms with Crippen LogP contribution in [0.1, 0.15) is 17.3 Å². The van der Waals surface area contributed by atoms with E-state index in [9.17, 15) is 19.4 Å². The first kappa shape index (κ1) is 16.8. The summed E-state index contributed by atoms with van der Waals surface area (Å²) in [4.78, 5) is 11.5. The van der Waals surface area contributed by atoms with Gasteiger partial charge in [-0.2, -0.15) is 0 Å². The van der Waals surface area contributed by atoms with Crippen LogP contribution in [0.2, 0.25) is 0 Å². The lowest BCUT2D eigenvalue weighted by Gasteiger charge is -2.15. The molecule has 0 aliphatic rings. The van der Waals surface area contributed by atoms with Crippen molar-refractivity contribution >= 4 is 5.78 Å². The minimum absolute atomic E-state index is 0.0557. The van der Waals surface area contributed by atoms with Gasteiger partial charge in [-0.05, 0) is 43.3 Å². The van der Waals surface area contributed by atoms with Crippen molar-refractivity contribution in [1.29, 1.82) is 0 Å². The number of phenolic OH excluding ortho intramolecular Hbond substituents is 1. The molecule has 0 radical (unpaired) electrons. The summed E-state index contributed by atoms with van der Waals surface area (Å²) in [5.41, 5.74) is 0.0687. The van der Waals surface area contributed by atoms with Crippen LogP contribution in [0.25, 0.3) is 0 Å². The zero-order chi connectivity index (χ0) is 16.8. The fraction of sp³-hybridized carbons (Fsp3) is 0.235. The number of phenols is 1. The van der Waals surface area contributed by atoms with Gasteiger partial charge in [0.05, 0.1) is 0 Å². The number of aromatic hydroxyl groups is 1. The molecule has 0 aliphatic heterocycles. The number of aliphatic hydroxyl groups is 1. The molecule has 2 aromatic carbocycles. The summed E-state index contributed by atoms with van der Waals surface area (Å²) >= 11 is 0. The number of hydrogen-bond donors (Lipinski definition) is 2. The molecule has 0 spiro atoms. The monoisotopic (exact) mass is 320 g/mol. The lowest BCUT2D eigenvalue weighted by atomic mass is 10.1. The molecule has 23 heavy (non-hydrogen) atoms. The van der Waals surface area contributed by atoms with Crippen LogP contribution in [0.5, 0.6) is 17.2 Å². The van der Waals surface area contributed by atoms with E-state index in [1.807, 2.05) is 0 Å². The minimum atomic E-state index is -0.956. The van der Waals surface area contributed by atoms with E-state index < -0.39 is 6.10 Å². The van der Waals surface area contributed by atoms with Crippen LogP contribution in [0.3, 0.4) is 0 Å². The minimum Gasteiger partial charge on any atom is -0.507 e. The molecule has 6 heteroatoms. The first-order valence-electron chi connectivity index (χ1n) is 6.99. The van der Waals surface area contributed by atoms with Gasteiger partial charge in [0.15, 0.2) is 5.78 Å². The summed E-state index contributed by atoms with van der Waals surface area (Å²) in [5, 5.41) is 19.5. The number of rotatable bonds is 7. The summed E-state index contributed by atoms with van der Waals surface area (Å²) in [5.74, 6) is -0.269. The van der Waals surface area contributed by atoms with Crippen molar-refractivity contribution in [2.24, 2.45) is 0 Å². The zero-order valence-electron chi connectivity index (χ0n) is 12.5. The zero-order valence-corrected chi connectivity index (χ0v) is 12.5. The van der Waals surface area contributed by atoms with Crippen LogP contribution in [0.15, 0.2) is 42.5 Å². The van der Waals surface area contributed by atoms with Crippen molar-refractivity contribution in [2.45, 2.75) is 13.0 Å². The number of hydrogen-bond acceptors (Lipinski definition) is 5. The summed E-state index contributed by atoms with van der Waals surface area (Å²) < 4.78 is 23.4. The van der Waals surface area contributed by atoms with Gasteiger partial charge in [-0.3, -0.25) is 4.79 Å². The molecule has 0 heterocycles. The Morgan fingerprint density at radius 3 is 2.43 bits per heavy atom. The first-order valence-corrected chi connectivity index (χ1v) is 6.99. The number of ether oxygens (including phenoxy) is 2. The highest BCUT2D eigenvalue weighted by Crippen LogP contribution is 2.27. The number of aliphatic hydroxyl groups excluding tert-OH is 1. The number of Topliss-reactive ketones (excluding diaryl/α,β-unsaturated/α-hetero) is 1. The Morgan fingerprint density at radius 2 is 1.78 bits per heavy atom. The molecule has 0 aliphatic carbocycles. The van der Waals surface area contributed by atoms with Gasteiger partial charge in [-0.25, -0.2) is 4.39 Å². The molecule has 0 saturated heterocycles. The van der Waals surface area contributed by atoms with E-state index in [0.29, 0.717) is 5.75 Å². The molecule has 1 atom stereocenters. The van der Waals surface area contributed by atoms with E-state index in [0.717, 1.165) is 0 Å². The van der Waals surface area contributed by atoms with Crippen molar-refractivity contribution in [3.05, 3.63) is 53.8 Å². The Hall–Kier alpha value is -2.60. The van der Waals surface area contributed by atoms with Crippen molar-refractivity contribution in [3.8, 4) is 17.2 Å². The number of carbonyl (C=O) groups excluding carboxylic acids is 1. The molecular formula is C17H17FO5. The van der Waals surface area contributed by atoms with Crippen LogP contribution >= 0.6 is 0 Å². The smallest absolute Gasteiger partial charge is 0.167 e. The maximum atomic E-state index is 12.8.